The molecule has 2 aromatic carbocycles. The van der Waals surface area contributed by atoms with Gasteiger partial charge in [-0.1, -0.05) is 18.2 Å². The van der Waals surface area contributed by atoms with E-state index >= 15 is 0 Å². The molecule has 0 fully saturated rings. The lowest BCUT2D eigenvalue weighted by atomic mass is 10.2. The van der Waals surface area contributed by atoms with E-state index in [4.69, 9.17) is 15.2 Å². The van der Waals surface area contributed by atoms with Crippen molar-refractivity contribution in [3.05, 3.63) is 76.2 Å². The molecular weight excluding hydrogens is 428 g/mol. The SMILES string of the molecule is Cc1c(NC(=O)C(C)OC(=O)c2ccc(OCC(N)=O)cc2)c(=O)n(-c2ccccc2)n1C. The third-order valence-corrected chi connectivity index (χ3v) is 4.93. The number of nitrogens with one attached hydrogen (secondary N) is 1. The Balaban J connectivity index is 1.68. The molecule has 0 bridgehead atoms. The Kier molecular flexibility index (Phi) is 6.97. The molecule has 3 N–H and O–H groups in total. The summed E-state index contributed by atoms with van der Waals surface area (Å²) in [5.41, 5.74) is 6.09. The van der Waals surface area contributed by atoms with Gasteiger partial charge in [-0.2, -0.15) is 0 Å². The number of hydrogen-bond acceptors (Lipinski definition) is 6. The van der Waals surface area contributed by atoms with Gasteiger partial charge < -0.3 is 20.5 Å². The topological polar surface area (TPSA) is 135 Å². The molecule has 33 heavy (non-hydrogen) atoms. The molecule has 0 spiro atoms. The number of nitrogens with two attached hydrogens (primary N) is 1. The van der Waals surface area contributed by atoms with E-state index in [1.165, 1.54) is 35.9 Å². The number of anilines is 1. The molecule has 172 valence electrons. The lowest BCUT2D eigenvalue weighted by molar-refractivity contribution is -0.123. The van der Waals surface area contributed by atoms with Crippen LogP contribution in [-0.2, 0) is 21.4 Å². The Morgan fingerprint density at radius 1 is 1.06 bits per heavy atom. The molecule has 0 aliphatic rings. The van der Waals surface area contributed by atoms with E-state index in [0.717, 1.165) is 0 Å². The summed E-state index contributed by atoms with van der Waals surface area (Å²) >= 11 is 0. The van der Waals surface area contributed by atoms with Crippen LogP contribution in [0.3, 0.4) is 0 Å². The number of ether oxygens (including phenoxy) is 2. The van der Waals surface area contributed by atoms with Crippen molar-refractivity contribution in [2.75, 3.05) is 11.9 Å². The monoisotopic (exact) mass is 452 g/mol. The minimum absolute atomic E-state index is 0.102. The second-order valence-electron chi connectivity index (χ2n) is 7.25. The Bertz CT molecular complexity index is 1230. The number of para-hydroxylation sites is 1. The van der Waals surface area contributed by atoms with E-state index in [0.29, 0.717) is 17.1 Å². The van der Waals surface area contributed by atoms with Gasteiger partial charge in [0.1, 0.15) is 11.4 Å². The van der Waals surface area contributed by atoms with Crippen molar-refractivity contribution < 1.29 is 23.9 Å². The van der Waals surface area contributed by atoms with Crippen molar-refractivity contribution in [3.8, 4) is 11.4 Å². The van der Waals surface area contributed by atoms with Crippen molar-refractivity contribution in [2.24, 2.45) is 12.8 Å². The fourth-order valence-corrected chi connectivity index (χ4v) is 3.06. The highest BCUT2D eigenvalue weighted by Gasteiger charge is 2.23. The molecule has 0 aliphatic carbocycles. The summed E-state index contributed by atoms with van der Waals surface area (Å²) < 4.78 is 13.4. The molecule has 1 atom stereocenters. The van der Waals surface area contributed by atoms with Gasteiger partial charge in [0.05, 0.1) is 16.9 Å². The smallest absolute Gasteiger partial charge is 0.338 e. The number of carbonyl (C=O) groups excluding carboxylic acids is 3. The van der Waals surface area contributed by atoms with Crippen LogP contribution in [0.15, 0.2) is 59.4 Å². The fourth-order valence-electron chi connectivity index (χ4n) is 3.06. The number of amides is 2. The van der Waals surface area contributed by atoms with Crippen LogP contribution in [0.2, 0.25) is 0 Å². The predicted octanol–water partition coefficient (Wildman–Crippen LogP) is 1.53. The summed E-state index contributed by atoms with van der Waals surface area (Å²) in [5.74, 6) is -1.64. The molecule has 1 aromatic heterocycles. The molecule has 0 radical (unpaired) electrons. The Hall–Kier alpha value is -4.34. The van der Waals surface area contributed by atoms with Crippen LogP contribution in [0, 0.1) is 6.92 Å². The summed E-state index contributed by atoms with van der Waals surface area (Å²) in [7, 11) is 1.71. The largest absolute Gasteiger partial charge is 0.484 e. The van der Waals surface area contributed by atoms with Crippen LogP contribution in [0.25, 0.3) is 5.69 Å². The molecule has 10 nitrogen and oxygen atoms in total. The highest BCUT2D eigenvalue weighted by Crippen LogP contribution is 2.16. The summed E-state index contributed by atoms with van der Waals surface area (Å²) in [6.45, 7) is 2.83. The molecular formula is C23H24N4O6. The van der Waals surface area contributed by atoms with Gasteiger partial charge in [-0.3, -0.25) is 19.1 Å². The van der Waals surface area contributed by atoms with Crippen molar-refractivity contribution in [1.82, 2.24) is 9.36 Å². The number of esters is 1. The van der Waals surface area contributed by atoms with Crippen LogP contribution < -0.4 is 21.3 Å². The maximum absolute atomic E-state index is 12.9. The van der Waals surface area contributed by atoms with E-state index in [-0.39, 0.29) is 17.9 Å². The van der Waals surface area contributed by atoms with Crippen molar-refractivity contribution in [1.29, 1.82) is 0 Å². The molecule has 0 saturated heterocycles. The Morgan fingerprint density at radius 2 is 1.70 bits per heavy atom. The normalized spacial score (nSPS) is 11.5. The lowest BCUT2D eigenvalue weighted by Gasteiger charge is -2.13. The maximum Gasteiger partial charge on any atom is 0.338 e. The van der Waals surface area contributed by atoms with Crippen molar-refractivity contribution >= 4 is 23.5 Å². The van der Waals surface area contributed by atoms with E-state index in [1.807, 2.05) is 6.07 Å². The molecule has 0 aliphatic heterocycles. The summed E-state index contributed by atoms with van der Waals surface area (Å²) in [5, 5.41) is 2.57. The van der Waals surface area contributed by atoms with E-state index in [2.05, 4.69) is 5.32 Å². The highest BCUT2D eigenvalue weighted by atomic mass is 16.5. The molecule has 1 unspecified atom stereocenters. The number of aromatic nitrogens is 2. The molecule has 2 amide bonds. The Morgan fingerprint density at radius 3 is 2.30 bits per heavy atom. The zero-order valence-corrected chi connectivity index (χ0v) is 18.4. The summed E-state index contributed by atoms with van der Waals surface area (Å²) in [4.78, 5) is 48.7. The van der Waals surface area contributed by atoms with Crippen LogP contribution >= 0.6 is 0 Å². The molecule has 1 heterocycles. The molecule has 3 aromatic rings. The van der Waals surface area contributed by atoms with Gasteiger partial charge in [0.25, 0.3) is 17.4 Å². The standard InChI is InChI=1S/C23H24N4O6/c1-14-20(22(30)27(26(14)3)17-7-5-4-6-8-17)25-21(29)15(2)33-23(31)16-9-11-18(12-10-16)32-13-19(24)28/h4-12,15H,13H2,1-3H3,(H2,24,28)(H,25,29). The predicted molar refractivity (Wildman–Crippen MR) is 120 cm³/mol. The van der Waals surface area contributed by atoms with Crippen LogP contribution in [0.5, 0.6) is 5.75 Å². The number of nitrogens with zero attached hydrogens (tertiary/aromatic N) is 2. The van der Waals surface area contributed by atoms with Gasteiger partial charge >= 0.3 is 5.97 Å². The third-order valence-electron chi connectivity index (χ3n) is 4.93. The number of hydrogen-bond donors (Lipinski definition) is 2. The number of carbonyl (C=O) groups is 3. The third kappa shape index (κ3) is 5.29. The second-order valence-corrected chi connectivity index (χ2v) is 7.25. The molecule has 10 heteroatoms. The second kappa shape index (κ2) is 9.86. The fraction of sp³-hybridized carbons (Fsp3) is 0.217. The molecule has 0 saturated carbocycles. The van der Waals surface area contributed by atoms with Crippen LogP contribution in [-0.4, -0.2) is 39.9 Å². The van der Waals surface area contributed by atoms with E-state index in [1.54, 1.807) is 42.9 Å². The average Bonchev–Trinajstić information content (AvgIpc) is 3.01. The maximum atomic E-state index is 12.9. The number of benzene rings is 2. The summed E-state index contributed by atoms with van der Waals surface area (Å²) in [6, 6.07) is 14.8. The Labute approximate surface area is 189 Å². The van der Waals surface area contributed by atoms with Crippen LogP contribution in [0.4, 0.5) is 5.69 Å². The first kappa shape index (κ1) is 23.3. The zero-order valence-electron chi connectivity index (χ0n) is 18.4. The highest BCUT2D eigenvalue weighted by molar-refractivity contribution is 5.97. The molecule has 3 rings (SSSR count). The average molecular weight is 452 g/mol. The first-order valence-electron chi connectivity index (χ1n) is 10.1. The van der Waals surface area contributed by atoms with E-state index in [9.17, 15) is 19.2 Å². The first-order valence-corrected chi connectivity index (χ1v) is 10.1. The van der Waals surface area contributed by atoms with Crippen molar-refractivity contribution in [2.45, 2.75) is 20.0 Å². The number of primary amides is 1. The minimum atomic E-state index is -1.16. The quantitative estimate of drug-likeness (QED) is 0.498. The van der Waals surface area contributed by atoms with Gasteiger partial charge in [-0.15, -0.1) is 0 Å². The van der Waals surface area contributed by atoms with Gasteiger partial charge in [-0.05, 0) is 50.2 Å². The number of rotatable bonds is 8. The summed E-state index contributed by atoms with van der Waals surface area (Å²) in [6.07, 6.45) is -1.16. The van der Waals surface area contributed by atoms with E-state index < -0.39 is 29.4 Å². The first-order chi connectivity index (χ1) is 15.7. The van der Waals surface area contributed by atoms with Gasteiger partial charge in [-0.25, -0.2) is 9.48 Å². The zero-order chi connectivity index (χ0) is 24.1. The van der Waals surface area contributed by atoms with Gasteiger partial charge in [0.2, 0.25) is 0 Å². The van der Waals surface area contributed by atoms with Crippen molar-refractivity contribution in [3.63, 3.8) is 0 Å². The van der Waals surface area contributed by atoms with Gasteiger partial charge in [0.15, 0.2) is 12.7 Å². The van der Waals surface area contributed by atoms with Gasteiger partial charge in [0, 0.05) is 7.05 Å². The van der Waals surface area contributed by atoms with Crippen LogP contribution in [0.1, 0.15) is 23.0 Å². The minimum Gasteiger partial charge on any atom is -0.484 e. The lowest BCUT2D eigenvalue weighted by Crippen LogP contribution is -2.32.